The van der Waals surface area contributed by atoms with E-state index in [0.717, 1.165) is 18.6 Å². The average molecular weight is 319 g/mol. The van der Waals surface area contributed by atoms with Gasteiger partial charge in [-0.05, 0) is 36.8 Å². The first-order valence-corrected chi connectivity index (χ1v) is 7.71. The van der Waals surface area contributed by atoms with Crippen LogP contribution in [0.25, 0.3) is 0 Å². The second-order valence-corrected chi connectivity index (χ2v) is 5.39. The van der Waals surface area contributed by atoms with Crippen molar-refractivity contribution >= 4 is 17.6 Å². The number of carbonyl (C=O) groups excluding carboxylic acids is 1. The van der Waals surface area contributed by atoms with E-state index in [1.807, 2.05) is 37.3 Å². The quantitative estimate of drug-likeness (QED) is 0.691. The van der Waals surface area contributed by atoms with Gasteiger partial charge in [-0.3, -0.25) is 0 Å². The van der Waals surface area contributed by atoms with Crippen LogP contribution in [0.15, 0.2) is 54.6 Å². The van der Waals surface area contributed by atoms with Crippen molar-refractivity contribution in [2.24, 2.45) is 0 Å². The largest absolute Gasteiger partial charge is 0.490 e. The summed E-state index contributed by atoms with van der Waals surface area (Å²) in [4.78, 5) is 12.2. The van der Waals surface area contributed by atoms with E-state index in [0.29, 0.717) is 17.2 Å². The van der Waals surface area contributed by atoms with E-state index < -0.39 is 0 Å². The number of hydrogen-bond donors (Lipinski definition) is 0. The normalized spacial score (nSPS) is 11.7. The molecule has 4 heteroatoms. The predicted octanol–water partition coefficient (Wildman–Crippen LogP) is 4.74. The summed E-state index contributed by atoms with van der Waals surface area (Å²) >= 11 is 5.90. The molecule has 2 aromatic carbocycles. The van der Waals surface area contributed by atoms with Crippen LogP contribution in [0, 0.1) is 0 Å². The molecule has 1 unspecified atom stereocenters. The third-order valence-electron chi connectivity index (χ3n) is 3.12. The molecule has 22 heavy (non-hydrogen) atoms. The van der Waals surface area contributed by atoms with Crippen LogP contribution < -0.4 is 4.74 Å². The monoisotopic (exact) mass is 318 g/mol. The van der Waals surface area contributed by atoms with E-state index in [9.17, 15) is 4.79 Å². The molecule has 3 nitrogen and oxygen atoms in total. The molecule has 0 saturated heterocycles. The van der Waals surface area contributed by atoms with Gasteiger partial charge in [-0.2, -0.15) is 0 Å². The molecule has 0 spiro atoms. The van der Waals surface area contributed by atoms with Crippen LogP contribution in [0.4, 0.5) is 0 Å². The van der Waals surface area contributed by atoms with Gasteiger partial charge in [-0.25, -0.2) is 4.79 Å². The molecule has 0 N–H and O–H groups in total. The predicted molar refractivity (Wildman–Crippen MR) is 87.5 cm³/mol. The Hall–Kier alpha value is -2.00. The van der Waals surface area contributed by atoms with Crippen molar-refractivity contribution in [2.45, 2.75) is 25.9 Å². The van der Waals surface area contributed by atoms with E-state index in [4.69, 9.17) is 21.1 Å². The molecule has 0 amide bonds. The molecule has 0 aliphatic rings. The summed E-state index contributed by atoms with van der Waals surface area (Å²) < 4.78 is 11.2. The Labute approximate surface area is 135 Å². The highest BCUT2D eigenvalue weighted by Gasteiger charge is 2.16. The Morgan fingerprint density at radius 1 is 1.14 bits per heavy atom. The molecule has 0 aliphatic heterocycles. The zero-order valence-electron chi connectivity index (χ0n) is 12.5. The zero-order chi connectivity index (χ0) is 15.8. The number of rotatable bonds is 7. The van der Waals surface area contributed by atoms with E-state index >= 15 is 0 Å². The van der Waals surface area contributed by atoms with Crippen LogP contribution >= 0.6 is 11.6 Å². The van der Waals surface area contributed by atoms with E-state index in [2.05, 4.69) is 0 Å². The van der Waals surface area contributed by atoms with Crippen LogP contribution in [-0.4, -0.2) is 18.7 Å². The van der Waals surface area contributed by atoms with Crippen LogP contribution in [0.1, 0.15) is 30.1 Å². The summed E-state index contributed by atoms with van der Waals surface area (Å²) in [5.74, 6) is 0.389. The highest BCUT2D eigenvalue weighted by atomic mass is 35.5. The molecule has 1 atom stereocenters. The first-order chi connectivity index (χ1) is 10.7. The Bertz CT molecular complexity index is 598. The molecule has 0 bridgehead atoms. The maximum Gasteiger partial charge on any atom is 0.338 e. The van der Waals surface area contributed by atoms with Gasteiger partial charge in [-0.1, -0.05) is 49.2 Å². The van der Waals surface area contributed by atoms with Gasteiger partial charge < -0.3 is 9.47 Å². The number of ether oxygens (including phenoxy) is 2. The Kier molecular flexibility index (Phi) is 6.28. The molecule has 2 aromatic rings. The highest BCUT2D eigenvalue weighted by molar-refractivity contribution is 6.30. The van der Waals surface area contributed by atoms with Gasteiger partial charge in [0.1, 0.15) is 18.5 Å². The van der Waals surface area contributed by atoms with Crippen LogP contribution in [0.5, 0.6) is 5.75 Å². The Morgan fingerprint density at radius 2 is 1.91 bits per heavy atom. The zero-order valence-corrected chi connectivity index (χ0v) is 13.3. The molecule has 0 aliphatic carbocycles. The number of hydrogen-bond acceptors (Lipinski definition) is 3. The lowest BCUT2D eigenvalue weighted by Gasteiger charge is -2.18. The average Bonchev–Trinajstić information content (AvgIpc) is 2.54. The van der Waals surface area contributed by atoms with Crippen molar-refractivity contribution in [1.82, 2.24) is 0 Å². The summed E-state index contributed by atoms with van der Waals surface area (Å²) in [5, 5.41) is 0.516. The van der Waals surface area contributed by atoms with Crippen LogP contribution in [0.2, 0.25) is 5.02 Å². The molecule has 0 heterocycles. The van der Waals surface area contributed by atoms with Gasteiger partial charge >= 0.3 is 5.97 Å². The van der Waals surface area contributed by atoms with E-state index in [1.54, 1.807) is 24.3 Å². The lowest BCUT2D eigenvalue weighted by atomic mass is 10.2. The van der Waals surface area contributed by atoms with Gasteiger partial charge in [-0.15, -0.1) is 0 Å². The summed E-state index contributed by atoms with van der Waals surface area (Å²) in [6.45, 7) is 2.38. The van der Waals surface area contributed by atoms with Crippen LogP contribution in [-0.2, 0) is 4.74 Å². The van der Waals surface area contributed by atoms with Gasteiger partial charge in [0.2, 0.25) is 0 Å². The fraction of sp³-hybridized carbons (Fsp3) is 0.278. The second-order valence-electron chi connectivity index (χ2n) is 4.95. The molecular weight excluding hydrogens is 300 g/mol. The summed E-state index contributed by atoms with van der Waals surface area (Å²) in [6.07, 6.45) is 1.38. The number of para-hydroxylation sites is 1. The smallest absolute Gasteiger partial charge is 0.338 e. The number of esters is 1. The van der Waals surface area contributed by atoms with Gasteiger partial charge in [0.15, 0.2) is 0 Å². The first kappa shape index (κ1) is 16.4. The van der Waals surface area contributed by atoms with Crippen molar-refractivity contribution in [2.75, 3.05) is 6.61 Å². The minimum Gasteiger partial charge on any atom is -0.490 e. The maximum absolute atomic E-state index is 12.2. The topological polar surface area (TPSA) is 35.5 Å². The summed E-state index contributed by atoms with van der Waals surface area (Å²) in [6, 6.07) is 16.2. The van der Waals surface area contributed by atoms with Crippen molar-refractivity contribution < 1.29 is 14.3 Å². The fourth-order valence-corrected chi connectivity index (χ4v) is 2.23. The van der Waals surface area contributed by atoms with Gasteiger partial charge in [0.25, 0.3) is 0 Å². The van der Waals surface area contributed by atoms with Crippen molar-refractivity contribution in [3.8, 4) is 5.75 Å². The van der Waals surface area contributed by atoms with Gasteiger partial charge in [0.05, 0.1) is 5.56 Å². The minimum absolute atomic E-state index is 0.281. The Balaban J connectivity index is 1.94. The second kappa shape index (κ2) is 8.44. The van der Waals surface area contributed by atoms with E-state index in [1.165, 1.54) is 0 Å². The molecule has 0 saturated carbocycles. The molecule has 116 valence electrons. The number of halogens is 1. The third kappa shape index (κ3) is 5.08. The lowest BCUT2D eigenvalue weighted by Crippen LogP contribution is -2.25. The first-order valence-electron chi connectivity index (χ1n) is 7.33. The maximum atomic E-state index is 12.2. The van der Waals surface area contributed by atoms with Gasteiger partial charge in [0, 0.05) is 5.02 Å². The fourth-order valence-electron chi connectivity index (χ4n) is 2.04. The minimum atomic E-state index is -0.377. The third-order valence-corrected chi connectivity index (χ3v) is 3.36. The summed E-state index contributed by atoms with van der Waals surface area (Å²) in [7, 11) is 0. The molecule has 0 radical (unpaired) electrons. The standard InChI is InChI=1S/C18H19ClO3/c1-2-7-17(13-21-16-10-4-3-5-11-16)22-18(20)14-8-6-9-15(19)12-14/h3-6,8-12,17H,2,7,13H2,1H3. The number of carbonyl (C=O) groups is 1. The molecule has 2 rings (SSSR count). The van der Waals surface area contributed by atoms with E-state index in [-0.39, 0.29) is 12.1 Å². The number of benzene rings is 2. The van der Waals surface area contributed by atoms with Crippen molar-refractivity contribution in [1.29, 1.82) is 0 Å². The van der Waals surface area contributed by atoms with Crippen LogP contribution in [0.3, 0.4) is 0 Å². The summed E-state index contributed by atoms with van der Waals surface area (Å²) in [5.41, 5.74) is 0.452. The van der Waals surface area contributed by atoms with Crippen molar-refractivity contribution in [3.05, 3.63) is 65.2 Å². The Morgan fingerprint density at radius 3 is 2.59 bits per heavy atom. The molecule has 0 aromatic heterocycles. The highest BCUT2D eigenvalue weighted by Crippen LogP contribution is 2.15. The SMILES string of the molecule is CCCC(COc1ccccc1)OC(=O)c1cccc(Cl)c1. The van der Waals surface area contributed by atoms with Crippen molar-refractivity contribution in [3.63, 3.8) is 0 Å². The molecule has 0 fully saturated rings. The lowest BCUT2D eigenvalue weighted by molar-refractivity contribution is 0.0149. The molecular formula is C18H19ClO3.